The largest absolute Gasteiger partial charge is 0.351 e. The monoisotopic (exact) mass is 312 g/mol. The van der Waals surface area contributed by atoms with Crippen LogP contribution in [-0.2, 0) is 9.84 Å². The molecular weight excluding hydrogens is 292 g/mol. The average molecular weight is 312 g/mol. The van der Waals surface area contributed by atoms with Crippen LogP contribution in [0.25, 0.3) is 0 Å². The maximum atomic E-state index is 11.9. The van der Waals surface area contributed by atoms with Gasteiger partial charge in [-0.3, -0.25) is 4.79 Å². The average Bonchev–Trinajstić information content (AvgIpc) is 2.78. The minimum atomic E-state index is -2.95. The fraction of sp³-hybridized carbons (Fsp3) is 0.615. The van der Waals surface area contributed by atoms with Crippen molar-refractivity contribution in [3.8, 4) is 0 Å². The van der Waals surface area contributed by atoms with Crippen molar-refractivity contribution in [3.63, 3.8) is 0 Å². The van der Waals surface area contributed by atoms with Crippen molar-refractivity contribution < 1.29 is 13.2 Å². The van der Waals surface area contributed by atoms with Crippen LogP contribution in [0.1, 0.15) is 36.7 Å². The van der Waals surface area contributed by atoms with Gasteiger partial charge >= 0.3 is 0 Å². The van der Waals surface area contributed by atoms with E-state index in [1.54, 1.807) is 0 Å². The molecule has 0 radical (unpaired) electrons. The Bertz CT molecular complexity index is 603. The number of aromatic nitrogens is 2. The highest BCUT2D eigenvalue weighted by Crippen LogP contribution is 2.15. The van der Waals surface area contributed by atoms with Gasteiger partial charge in [0.1, 0.15) is 5.69 Å². The van der Waals surface area contributed by atoms with E-state index in [9.17, 15) is 13.2 Å². The zero-order chi connectivity index (χ0) is 15.3. The second kappa shape index (κ2) is 6.84. The third-order valence-corrected chi connectivity index (χ3v) is 5.04. The molecule has 2 heterocycles. The normalized spacial score (nSPS) is 20.1. The smallest absolute Gasteiger partial charge is 0.270 e. The van der Waals surface area contributed by atoms with E-state index < -0.39 is 9.84 Å². The summed E-state index contributed by atoms with van der Waals surface area (Å²) in [5, 5.41) is 5.76. The summed E-state index contributed by atoms with van der Waals surface area (Å²) in [6.07, 6.45) is 3.96. The number of carbonyl (C=O) groups excluding carboxylic acids is 1. The SMILES string of the molecule is CCCCNC(=O)c1ccnc(NC2CCS(=O)(=O)C2)n1. The molecule has 0 spiro atoms. The van der Waals surface area contributed by atoms with Crippen LogP contribution in [0.4, 0.5) is 5.95 Å². The molecule has 1 aliphatic rings. The Morgan fingerprint density at radius 2 is 2.29 bits per heavy atom. The molecule has 1 aromatic rings. The van der Waals surface area contributed by atoms with E-state index in [2.05, 4.69) is 27.5 Å². The van der Waals surface area contributed by atoms with Gasteiger partial charge in [0.2, 0.25) is 5.95 Å². The predicted octanol–water partition coefficient (Wildman–Crippen LogP) is 0.605. The minimum Gasteiger partial charge on any atom is -0.351 e. The summed E-state index contributed by atoms with van der Waals surface area (Å²) in [6.45, 7) is 2.66. The lowest BCUT2D eigenvalue weighted by Gasteiger charge is -2.11. The van der Waals surface area contributed by atoms with Gasteiger partial charge in [-0.1, -0.05) is 13.3 Å². The van der Waals surface area contributed by atoms with Crippen LogP contribution < -0.4 is 10.6 Å². The van der Waals surface area contributed by atoms with Gasteiger partial charge in [-0.2, -0.15) is 0 Å². The first kappa shape index (κ1) is 15.7. The zero-order valence-corrected chi connectivity index (χ0v) is 12.8. The van der Waals surface area contributed by atoms with Crippen LogP contribution in [0, 0.1) is 0 Å². The first-order valence-corrected chi connectivity index (χ1v) is 8.90. The topological polar surface area (TPSA) is 101 Å². The van der Waals surface area contributed by atoms with Gasteiger partial charge in [0.05, 0.1) is 11.5 Å². The number of sulfone groups is 1. The second-order valence-corrected chi connectivity index (χ2v) is 7.35. The third-order valence-electron chi connectivity index (χ3n) is 3.27. The van der Waals surface area contributed by atoms with Gasteiger partial charge in [0.25, 0.3) is 5.91 Å². The van der Waals surface area contributed by atoms with Crippen LogP contribution >= 0.6 is 0 Å². The standard InChI is InChI=1S/C13H20N4O3S/c1-2-3-6-14-12(18)11-4-7-15-13(17-11)16-10-5-8-21(19,20)9-10/h4,7,10H,2-3,5-6,8-9H2,1H3,(H,14,18)(H,15,16,17). The molecule has 1 atom stereocenters. The van der Waals surface area contributed by atoms with Crippen molar-refractivity contribution in [2.24, 2.45) is 0 Å². The molecule has 0 aromatic carbocycles. The van der Waals surface area contributed by atoms with Crippen molar-refractivity contribution in [2.45, 2.75) is 32.2 Å². The molecule has 0 saturated carbocycles. The lowest BCUT2D eigenvalue weighted by atomic mass is 10.3. The second-order valence-electron chi connectivity index (χ2n) is 5.12. The lowest BCUT2D eigenvalue weighted by Crippen LogP contribution is -2.27. The van der Waals surface area contributed by atoms with Gasteiger partial charge in [0, 0.05) is 18.8 Å². The molecule has 0 aliphatic carbocycles. The molecule has 2 N–H and O–H groups in total. The van der Waals surface area contributed by atoms with Crippen molar-refractivity contribution >= 4 is 21.7 Å². The van der Waals surface area contributed by atoms with E-state index in [4.69, 9.17) is 0 Å². The fourth-order valence-electron chi connectivity index (χ4n) is 2.12. The van der Waals surface area contributed by atoms with Gasteiger partial charge in [-0.25, -0.2) is 18.4 Å². The summed E-state index contributed by atoms with van der Waals surface area (Å²) >= 11 is 0. The van der Waals surface area contributed by atoms with Gasteiger partial charge < -0.3 is 10.6 Å². The molecule has 2 rings (SSSR count). The van der Waals surface area contributed by atoms with Crippen LogP contribution in [0.3, 0.4) is 0 Å². The lowest BCUT2D eigenvalue weighted by molar-refractivity contribution is 0.0948. The van der Waals surface area contributed by atoms with Crippen LogP contribution in [0.2, 0.25) is 0 Å². The van der Waals surface area contributed by atoms with Crippen LogP contribution in [-0.4, -0.2) is 48.4 Å². The molecule has 1 unspecified atom stereocenters. The van der Waals surface area contributed by atoms with Crippen LogP contribution in [0.5, 0.6) is 0 Å². The Balaban J connectivity index is 1.96. The molecule has 21 heavy (non-hydrogen) atoms. The number of unbranched alkanes of at least 4 members (excludes halogenated alkanes) is 1. The molecule has 1 aromatic heterocycles. The molecule has 8 heteroatoms. The van der Waals surface area contributed by atoms with Crippen molar-refractivity contribution in [1.82, 2.24) is 15.3 Å². The first-order valence-electron chi connectivity index (χ1n) is 7.08. The minimum absolute atomic E-state index is 0.0866. The zero-order valence-electron chi connectivity index (χ0n) is 12.0. The maximum absolute atomic E-state index is 11.9. The Labute approximate surface area is 124 Å². The Morgan fingerprint density at radius 3 is 2.95 bits per heavy atom. The van der Waals surface area contributed by atoms with Crippen LogP contribution in [0.15, 0.2) is 12.3 Å². The number of hydrogen-bond acceptors (Lipinski definition) is 6. The van der Waals surface area contributed by atoms with E-state index in [1.807, 2.05) is 0 Å². The van der Waals surface area contributed by atoms with Gasteiger partial charge in [0.15, 0.2) is 9.84 Å². The Kier molecular flexibility index (Phi) is 5.11. The van der Waals surface area contributed by atoms with E-state index in [0.717, 1.165) is 12.8 Å². The Hall–Kier alpha value is -1.70. The summed E-state index contributed by atoms with van der Waals surface area (Å²) in [5.74, 6) is 0.318. The third kappa shape index (κ3) is 4.66. The van der Waals surface area contributed by atoms with Gasteiger partial charge in [-0.15, -0.1) is 0 Å². The first-order chi connectivity index (χ1) is 10.00. The predicted molar refractivity (Wildman–Crippen MR) is 80.0 cm³/mol. The number of amides is 1. The Morgan fingerprint density at radius 1 is 1.48 bits per heavy atom. The van der Waals surface area contributed by atoms with E-state index >= 15 is 0 Å². The summed E-state index contributed by atoms with van der Waals surface area (Å²) in [7, 11) is -2.95. The molecular formula is C13H20N4O3S. The quantitative estimate of drug-likeness (QED) is 0.746. The molecule has 1 amide bonds. The van der Waals surface area contributed by atoms with Crippen molar-refractivity contribution in [1.29, 1.82) is 0 Å². The van der Waals surface area contributed by atoms with E-state index in [0.29, 0.717) is 18.9 Å². The molecule has 0 bridgehead atoms. The summed E-state index contributed by atoms with van der Waals surface area (Å²) in [5.41, 5.74) is 0.282. The van der Waals surface area contributed by atoms with Crippen molar-refractivity contribution in [2.75, 3.05) is 23.4 Å². The van der Waals surface area contributed by atoms with E-state index in [-0.39, 0.29) is 29.1 Å². The molecule has 1 saturated heterocycles. The van der Waals surface area contributed by atoms with Crippen molar-refractivity contribution in [3.05, 3.63) is 18.0 Å². The summed E-state index contributed by atoms with van der Waals surface area (Å²) in [4.78, 5) is 20.1. The number of anilines is 1. The molecule has 1 fully saturated rings. The van der Waals surface area contributed by atoms with E-state index in [1.165, 1.54) is 12.3 Å². The highest BCUT2D eigenvalue weighted by atomic mass is 32.2. The summed E-state index contributed by atoms with van der Waals surface area (Å²) < 4.78 is 22.8. The van der Waals surface area contributed by atoms with Gasteiger partial charge in [-0.05, 0) is 18.9 Å². The number of nitrogens with one attached hydrogen (secondary N) is 2. The highest BCUT2D eigenvalue weighted by Gasteiger charge is 2.28. The fourth-order valence-corrected chi connectivity index (χ4v) is 3.79. The number of carbonyl (C=O) groups is 1. The summed E-state index contributed by atoms with van der Waals surface area (Å²) in [6, 6.07) is 1.35. The molecule has 1 aliphatic heterocycles. The number of rotatable bonds is 6. The molecule has 116 valence electrons. The number of hydrogen-bond donors (Lipinski definition) is 2. The highest BCUT2D eigenvalue weighted by molar-refractivity contribution is 7.91. The molecule has 7 nitrogen and oxygen atoms in total. The number of nitrogens with zero attached hydrogens (tertiary/aromatic N) is 2. The maximum Gasteiger partial charge on any atom is 0.270 e.